The average molecular weight is 315 g/mol. The topological polar surface area (TPSA) is 46.3 Å². The zero-order valence-corrected chi connectivity index (χ0v) is 13.6. The Morgan fingerprint density at radius 1 is 1.00 bits per heavy atom. The highest BCUT2D eigenvalue weighted by Gasteiger charge is 2.14. The highest BCUT2D eigenvalue weighted by molar-refractivity contribution is 5.78. The fraction of sp³-hybridized carbons (Fsp3) is 0.105. The van der Waals surface area contributed by atoms with E-state index in [1.54, 1.807) is 6.20 Å². The second-order valence-electron chi connectivity index (χ2n) is 5.74. The van der Waals surface area contributed by atoms with E-state index < -0.39 is 0 Å². The first kappa shape index (κ1) is 14.4. The van der Waals surface area contributed by atoms with Gasteiger partial charge in [0.05, 0.1) is 6.20 Å². The summed E-state index contributed by atoms with van der Waals surface area (Å²) >= 11 is 0. The van der Waals surface area contributed by atoms with Crippen LogP contribution in [0.3, 0.4) is 0 Å². The smallest absolute Gasteiger partial charge is 0.165 e. The molecule has 0 atom stereocenters. The minimum Gasteiger partial charge on any atom is -0.329 e. The van der Waals surface area contributed by atoms with E-state index in [-0.39, 0.29) is 0 Å². The van der Waals surface area contributed by atoms with Gasteiger partial charge in [-0.2, -0.15) is 9.61 Å². The van der Waals surface area contributed by atoms with Crippen LogP contribution in [0.25, 0.3) is 16.8 Å². The molecular formula is C19H17N5. The van der Waals surface area contributed by atoms with Crippen molar-refractivity contribution in [2.45, 2.75) is 6.92 Å². The van der Waals surface area contributed by atoms with Crippen molar-refractivity contribution in [3.63, 3.8) is 0 Å². The maximum absolute atomic E-state index is 4.55. The van der Waals surface area contributed by atoms with Crippen LogP contribution in [0.15, 0.2) is 67.3 Å². The molecule has 0 radical (unpaired) electrons. The zero-order chi connectivity index (χ0) is 16.5. The number of pyridine rings is 1. The lowest BCUT2D eigenvalue weighted by Crippen LogP contribution is -2.14. The lowest BCUT2D eigenvalue weighted by atomic mass is 10.1. The van der Waals surface area contributed by atoms with Gasteiger partial charge in [0, 0.05) is 42.5 Å². The predicted molar refractivity (Wildman–Crippen MR) is 95.5 cm³/mol. The molecule has 3 heterocycles. The monoisotopic (exact) mass is 315 g/mol. The van der Waals surface area contributed by atoms with Crippen molar-refractivity contribution in [2.24, 2.45) is 0 Å². The van der Waals surface area contributed by atoms with Crippen molar-refractivity contribution >= 4 is 17.2 Å². The molecule has 0 saturated carbocycles. The summed E-state index contributed by atoms with van der Waals surface area (Å²) in [7, 11) is 2.04. The van der Waals surface area contributed by atoms with Crippen LogP contribution >= 0.6 is 0 Å². The number of anilines is 2. The molecule has 0 fully saturated rings. The number of aryl methyl sites for hydroxylation is 1. The molecule has 0 unspecified atom stereocenters. The molecule has 0 N–H and O–H groups in total. The van der Waals surface area contributed by atoms with Crippen LogP contribution in [0.5, 0.6) is 0 Å². The number of fused-ring (bicyclic) bond motifs is 1. The van der Waals surface area contributed by atoms with E-state index in [1.807, 2.05) is 48.4 Å². The van der Waals surface area contributed by atoms with Crippen molar-refractivity contribution < 1.29 is 0 Å². The van der Waals surface area contributed by atoms with E-state index in [1.165, 1.54) is 5.56 Å². The molecule has 1 aromatic carbocycles. The third-order valence-electron chi connectivity index (χ3n) is 4.09. The van der Waals surface area contributed by atoms with Crippen LogP contribution in [-0.4, -0.2) is 26.6 Å². The van der Waals surface area contributed by atoms with E-state index >= 15 is 0 Å². The van der Waals surface area contributed by atoms with Gasteiger partial charge in [0.25, 0.3) is 0 Å². The summed E-state index contributed by atoms with van der Waals surface area (Å²) in [6.07, 6.45) is 7.25. The molecule has 0 saturated heterocycles. The molecule has 0 aliphatic rings. The molecule has 118 valence electrons. The van der Waals surface area contributed by atoms with Gasteiger partial charge in [0.1, 0.15) is 5.82 Å². The molecule has 4 aromatic rings. The quantitative estimate of drug-likeness (QED) is 0.576. The molecule has 0 bridgehead atoms. The summed E-state index contributed by atoms with van der Waals surface area (Å²) in [6, 6.07) is 14.3. The van der Waals surface area contributed by atoms with Crippen LogP contribution in [-0.2, 0) is 0 Å². The van der Waals surface area contributed by atoms with Crippen LogP contribution in [0.1, 0.15) is 5.56 Å². The van der Waals surface area contributed by atoms with Crippen molar-refractivity contribution in [2.75, 3.05) is 11.9 Å². The van der Waals surface area contributed by atoms with E-state index in [9.17, 15) is 0 Å². The molecule has 5 nitrogen and oxygen atoms in total. The Morgan fingerprint density at radius 3 is 2.71 bits per heavy atom. The average Bonchev–Trinajstić information content (AvgIpc) is 3.06. The number of hydrogen-bond acceptors (Lipinski definition) is 4. The van der Waals surface area contributed by atoms with Crippen molar-refractivity contribution in [3.8, 4) is 11.1 Å². The maximum atomic E-state index is 4.55. The Labute approximate surface area is 140 Å². The Balaban J connectivity index is 1.84. The zero-order valence-electron chi connectivity index (χ0n) is 13.6. The number of rotatable bonds is 3. The standard InChI is InChI=1S/C19H17N5/c1-14-5-3-7-16(11-14)23(2)18-8-10-21-19-17(13-22-24(18)19)15-6-4-9-20-12-15/h3-13H,1-2H3. The first-order valence-corrected chi connectivity index (χ1v) is 7.77. The summed E-state index contributed by atoms with van der Waals surface area (Å²) in [5.41, 5.74) is 5.14. The number of nitrogens with zero attached hydrogens (tertiary/aromatic N) is 5. The highest BCUT2D eigenvalue weighted by atomic mass is 15.3. The minimum atomic E-state index is 0.819. The molecule has 0 aliphatic carbocycles. The molecular weight excluding hydrogens is 298 g/mol. The van der Waals surface area contributed by atoms with Crippen LogP contribution in [0.4, 0.5) is 11.5 Å². The highest BCUT2D eigenvalue weighted by Crippen LogP contribution is 2.28. The van der Waals surface area contributed by atoms with Crippen LogP contribution < -0.4 is 4.90 Å². The fourth-order valence-corrected chi connectivity index (χ4v) is 2.83. The Kier molecular flexibility index (Phi) is 3.46. The van der Waals surface area contributed by atoms with Gasteiger partial charge in [-0.15, -0.1) is 0 Å². The predicted octanol–water partition coefficient (Wildman–Crippen LogP) is 3.87. The second-order valence-corrected chi connectivity index (χ2v) is 5.74. The van der Waals surface area contributed by atoms with Gasteiger partial charge < -0.3 is 4.90 Å². The maximum Gasteiger partial charge on any atom is 0.165 e. The minimum absolute atomic E-state index is 0.819. The summed E-state index contributed by atoms with van der Waals surface area (Å²) < 4.78 is 1.87. The molecule has 5 heteroatoms. The largest absolute Gasteiger partial charge is 0.329 e. The van der Waals surface area contributed by atoms with Gasteiger partial charge >= 0.3 is 0 Å². The molecule has 0 amide bonds. The molecule has 0 aliphatic heterocycles. The third-order valence-corrected chi connectivity index (χ3v) is 4.09. The van der Waals surface area contributed by atoms with E-state index in [4.69, 9.17) is 0 Å². The van der Waals surface area contributed by atoms with Gasteiger partial charge in [-0.1, -0.05) is 18.2 Å². The van der Waals surface area contributed by atoms with E-state index in [2.05, 4.69) is 51.2 Å². The van der Waals surface area contributed by atoms with Gasteiger partial charge in [0.2, 0.25) is 0 Å². The normalized spacial score (nSPS) is 10.9. The van der Waals surface area contributed by atoms with Crippen molar-refractivity contribution in [1.82, 2.24) is 19.6 Å². The van der Waals surface area contributed by atoms with Gasteiger partial charge in [-0.25, -0.2) is 4.98 Å². The third kappa shape index (κ3) is 2.40. The molecule has 0 spiro atoms. The SMILES string of the molecule is Cc1cccc(N(C)c2ccnc3c(-c4cccnc4)cnn23)c1. The van der Waals surface area contributed by atoms with Gasteiger partial charge in [0.15, 0.2) is 5.65 Å². The van der Waals surface area contributed by atoms with Crippen LogP contribution in [0.2, 0.25) is 0 Å². The lowest BCUT2D eigenvalue weighted by molar-refractivity contribution is 0.912. The molecule has 24 heavy (non-hydrogen) atoms. The van der Waals surface area contributed by atoms with Crippen molar-refractivity contribution in [1.29, 1.82) is 0 Å². The number of benzene rings is 1. The van der Waals surface area contributed by atoms with E-state index in [0.29, 0.717) is 0 Å². The molecule has 4 rings (SSSR count). The summed E-state index contributed by atoms with van der Waals surface area (Å²) in [5.74, 6) is 0.959. The molecule has 3 aromatic heterocycles. The first-order chi connectivity index (χ1) is 11.7. The van der Waals surface area contributed by atoms with Crippen LogP contribution in [0, 0.1) is 6.92 Å². The fourth-order valence-electron chi connectivity index (χ4n) is 2.83. The van der Waals surface area contributed by atoms with Gasteiger partial charge in [-0.05, 0) is 36.8 Å². The Bertz CT molecular complexity index is 991. The lowest BCUT2D eigenvalue weighted by Gasteiger charge is -2.20. The summed E-state index contributed by atoms with van der Waals surface area (Å²) in [5, 5.41) is 4.55. The van der Waals surface area contributed by atoms with Gasteiger partial charge in [-0.3, -0.25) is 4.98 Å². The first-order valence-electron chi connectivity index (χ1n) is 7.77. The Hall–Kier alpha value is -3.21. The van der Waals surface area contributed by atoms with E-state index in [0.717, 1.165) is 28.3 Å². The summed E-state index contributed by atoms with van der Waals surface area (Å²) in [4.78, 5) is 10.8. The summed E-state index contributed by atoms with van der Waals surface area (Å²) in [6.45, 7) is 2.09. The number of hydrogen-bond donors (Lipinski definition) is 0. The second kappa shape index (κ2) is 5.77. The number of aromatic nitrogens is 4. The Morgan fingerprint density at radius 2 is 1.92 bits per heavy atom. The van der Waals surface area contributed by atoms with Crippen molar-refractivity contribution in [3.05, 3.63) is 72.8 Å².